The second-order valence-electron chi connectivity index (χ2n) is 5.88. The largest absolute Gasteiger partial charge is 0.405 e. The smallest absolute Gasteiger partial charge is 0.380 e. The molecule has 0 saturated heterocycles. The van der Waals surface area contributed by atoms with Crippen LogP contribution >= 0.6 is 0 Å². The Balaban J connectivity index is 1.92. The normalized spacial score (nSPS) is 30.2. The van der Waals surface area contributed by atoms with Gasteiger partial charge in [-0.15, -0.1) is 0 Å². The Kier molecular flexibility index (Phi) is 3.86. The maximum Gasteiger partial charge on any atom is 0.405 e. The SMILES string of the molecule is CC(COCC1CC2C=CC1C2)(C(F)(F)F)C(F)(F)F. The summed E-state index contributed by atoms with van der Waals surface area (Å²) in [4.78, 5) is 0. The molecule has 3 unspecified atom stereocenters. The van der Waals surface area contributed by atoms with Crippen LogP contribution in [0.1, 0.15) is 19.8 Å². The van der Waals surface area contributed by atoms with Crippen molar-refractivity contribution in [1.29, 1.82) is 0 Å². The lowest BCUT2D eigenvalue weighted by atomic mass is 9.89. The molecule has 0 N–H and O–H groups in total. The Bertz CT molecular complexity index is 369. The van der Waals surface area contributed by atoms with Crippen LogP contribution < -0.4 is 0 Å². The second kappa shape index (κ2) is 4.93. The molecule has 2 aliphatic rings. The summed E-state index contributed by atoms with van der Waals surface area (Å²) in [7, 11) is 0. The van der Waals surface area contributed by atoms with Gasteiger partial charge in [-0.05, 0) is 37.5 Å². The standard InChI is InChI=1S/C13H16F6O/c1-11(12(14,15)16,13(17,18)19)7-20-6-10-5-8-2-3-9(10)4-8/h2-3,8-10H,4-7H2,1H3. The predicted molar refractivity (Wildman–Crippen MR) is 59.9 cm³/mol. The number of ether oxygens (including phenoxy) is 1. The molecule has 2 aliphatic carbocycles. The van der Waals surface area contributed by atoms with E-state index in [0.717, 1.165) is 12.8 Å². The lowest BCUT2D eigenvalue weighted by Crippen LogP contribution is -2.51. The first-order chi connectivity index (χ1) is 9.04. The summed E-state index contributed by atoms with van der Waals surface area (Å²) in [5.74, 6) is 0.684. The fraction of sp³-hybridized carbons (Fsp3) is 0.846. The van der Waals surface area contributed by atoms with Crippen LogP contribution in [-0.4, -0.2) is 25.6 Å². The minimum Gasteiger partial charge on any atom is -0.380 e. The van der Waals surface area contributed by atoms with E-state index in [1.807, 2.05) is 6.08 Å². The number of hydrogen-bond acceptors (Lipinski definition) is 1. The van der Waals surface area contributed by atoms with E-state index in [0.29, 0.717) is 5.92 Å². The summed E-state index contributed by atoms with van der Waals surface area (Å²) in [6, 6.07) is 0. The van der Waals surface area contributed by atoms with Gasteiger partial charge in [0.25, 0.3) is 0 Å². The van der Waals surface area contributed by atoms with Gasteiger partial charge in [-0.25, -0.2) is 0 Å². The molecule has 20 heavy (non-hydrogen) atoms. The van der Waals surface area contributed by atoms with Gasteiger partial charge in [-0.3, -0.25) is 0 Å². The van der Waals surface area contributed by atoms with Crippen LogP contribution in [0.4, 0.5) is 26.3 Å². The molecule has 1 saturated carbocycles. The molecule has 116 valence electrons. The molecule has 0 spiro atoms. The molecule has 0 aromatic carbocycles. The predicted octanol–water partition coefficient (Wildman–Crippen LogP) is 4.35. The Labute approximate surface area is 113 Å². The average Bonchev–Trinajstić information content (AvgIpc) is 2.87. The van der Waals surface area contributed by atoms with Crippen molar-refractivity contribution in [3.8, 4) is 0 Å². The summed E-state index contributed by atoms with van der Waals surface area (Å²) < 4.78 is 80.7. The number of allylic oxidation sites excluding steroid dienone is 2. The zero-order valence-electron chi connectivity index (χ0n) is 10.9. The maximum absolute atomic E-state index is 12.6. The van der Waals surface area contributed by atoms with Gasteiger partial charge in [0.2, 0.25) is 0 Å². The fourth-order valence-corrected chi connectivity index (χ4v) is 2.83. The van der Waals surface area contributed by atoms with E-state index in [4.69, 9.17) is 4.74 Å². The van der Waals surface area contributed by atoms with Crippen molar-refractivity contribution in [3.63, 3.8) is 0 Å². The molecular formula is C13H16F6O. The van der Waals surface area contributed by atoms with Crippen LogP contribution in [0, 0.1) is 23.2 Å². The van der Waals surface area contributed by atoms with E-state index < -0.39 is 24.4 Å². The molecule has 1 nitrogen and oxygen atoms in total. The molecule has 0 aliphatic heterocycles. The molecule has 3 atom stereocenters. The van der Waals surface area contributed by atoms with Crippen LogP contribution in [-0.2, 0) is 4.74 Å². The van der Waals surface area contributed by atoms with E-state index in [9.17, 15) is 26.3 Å². The van der Waals surface area contributed by atoms with Crippen molar-refractivity contribution in [2.75, 3.05) is 13.2 Å². The van der Waals surface area contributed by atoms with E-state index in [1.54, 1.807) is 0 Å². The maximum atomic E-state index is 12.6. The first-order valence-corrected chi connectivity index (χ1v) is 6.44. The number of rotatable bonds is 4. The van der Waals surface area contributed by atoms with Gasteiger partial charge in [0.05, 0.1) is 13.2 Å². The quantitative estimate of drug-likeness (QED) is 0.554. The summed E-state index contributed by atoms with van der Waals surface area (Å²) in [5, 5.41) is 0. The zero-order chi connectivity index (χ0) is 15.2. The van der Waals surface area contributed by atoms with Gasteiger partial charge >= 0.3 is 12.4 Å². The number of hydrogen-bond donors (Lipinski definition) is 0. The number of alkyl halides is 6. The highest BCUT2D eigenvalue weighted by Crippen LogP contribution is 2.50. The molecule has 2 rings (SSSR count). The van der Waals surface area contributed by atoms with Gasteiger partial charge in [-0.1, -0.05) is 12.2 Å². The van der Waals surface area contributed by atoms with Gasteiger partial charge < -0.3 is 4.74 Å². The fourth-order valence-electron chi connectivity index (χ4n) is 2.83. The Morgan fingerprint density at radius 3 is 2.00 bits per heavy atom. The van der Waals surface area contributed by atoms with Crippen molar-refractivity contribution >= 4 is 0 Å². The molecule has 0 radical (unpaired) electrons. The van der Waals surface area contributed by atoms with Crippen LogP contribution in [0.5, 0.6) is 0 Å². The second-order valence-corrected chi connectivity index (χ2v) is 5.88. The first kappa shape index (κ1) is 15.7. The highest BCUT2D eigenvalue weighted by molar-refractivity contribution is 5.10. The minimum atomic E-state index is -5.38. The molecule has 0 aromatic rings. The van der Waals surface area contributed by atoms with Crippen molar-refractivity contribution in [2.24, 2.45) is 23.2 Å². The molecule has 1 fully saturated rings. The molecule has 7 heteroatoms. The van der Waals surface area contributed by atoms with Crippen LogP contribution in [0.15, 0.2) is 12.2 Å². The zero-order valence-corrected chi connectivity index (χ0v) is 10.9. The van der Waals surface area contributed by atoms with Crippen LogP contribution in [0.2, 0.25) is 0 Å². The molecule has 0 amide bonds. The van der Waals surface area contributed by atoms with Crippen molar-refractivity contribution in [2.45, 2.75) is 32.1 Å². The minimum absolute atomic E-state index is 0.0377. The lowest BCUT2D eigenvalue weighted by Gasteiger charge is -2.34. The van der Waals surface area contributed by atoms with E-state index in [-0.39, 0.29) is 25.4 Å². The van der Waals surface area contributed by atoms with E-state index >= 15 is 0 Å². The Hall–Kier alpha value is -0.720. The topological polar surface area (TPSA) is 9.23 Å². The number of halogens is 6. The van der Waals surface area contributed by atoms with Crippen molar-refractivity contribution in [1.82, 2.24) is 0 Å². The van der Waals surface area contributed by atoms with E-state index in [2.05, 4.69) is 6.08 Å². The third-order valence-electron chi connectivity index (χ3n) is 4.39. The van der Waals surface area contributed by atoms with Gasteiger partial charge in [0.1, 0.15) is 0 Å². The third-order valence-corrected chi connectivity index (χ3v) is 4.39. The van der Waals surface area contributed by atoms with Gasteiger partial charge in [0.15, 0.2) is 5.41 Å². The van der Waals surface area contributed by atoms with Gasteiger partial charge in [-0.2, -0.15) is 26.3 Å². The summed E-state index contributed by atoms with van der Waals surface area (Å²) >= 11 is 0. The lowest BCUT2D eigenvalue weighted by molar-refractivity contribution is -0.346. The van der Waals surface area contributed by atoms with Crippen molar-refractivity contribution in [3.05, 3.63) is 12.2 Å². The van der Waals surface area contributed by atoms with Crippen LogP contribution in [0.3, 0.4) is 0 Å². The average molecular weight is 302 g/mol. The summed E-state index contributed by atoms with van der Waals surface area (Å²) in [6.07, 6.45) is -5.00. The third kappa shape index (κ3) is 2.69. The Morgan fingerprint density at radius 2 is 1.60 bits per heavy atom. The van der Waals surface area contributed by atoms with Gasteiger partial charge in [0, 0.05) is 0 Å². The molecule has 0 aromatic heterocycles. The molecule has 0 heterocycles. The van der Waals surface area contributed by atoms with Crippen LogP contribution in [0.25, 0.3) is 0 Å². The first-order valence-electron chi connectivity index (χ1n) is 6.44. The Morgan fingerprint density at radius 1 is 1.00 bits per heavy atom. The summed E-state index contributed by atoms with van der Waals surface area (Å²) in [5.41, 5.74) is -3.81. The monoisotopic (exact) mass is 302 g/mol. The van der Waals surface area contributed by atoms with Crippen molar-refractivity contribution < 1.29 is 31.1 Å². The molecular weight excluding hydrogens is 286 g/mol. The van der Waals surface area contributed by atoms with E-state index in [1.165, 1.54) is 0 Å². The highest BCUT2D eigenvalue weighted by Gasteiger charge is 2.67. The number of fused-ring (bicyclic) bond motifs is 2. The highest BCUT2D eigenvalue weighted by atomic mass is 19.4. The summed E-state index contributed by atoms with van der Waals surface area (Å²) in [6.45, 7) is -1.28. The molecule has 2 bridgehead atoms.